The summed E-state index contributed by atoms with van der Waals surface area (Å²) in [5.41, 5.74) is 11.5. The number of alkyl halides is 3. The minimum Gasteiger partial charge on any atom is -0.480 e. The lowest BCUT2D eigenvalue weighted by Gasteiger charge is -2.39. The molecule has 2 amide bonds. The molecule has 0 saturated heterocycles. The van der Waals surface area contributed by atoms with Crippen LogP contribution in [0.15, 0.2) is 41.1 Å². The SMILES string of the molecule is CC(=O)N[C@H]1[C@H]([C@H](O)[C@H](O)CO)OC(C(=O)NCc2ccc(F)cc2)=C[C@@H]1N=C(N)N.O=C(O)C(F)(F)F. The van der Waals surface area contributed by atoms with E-state index >= 15 is 0 Å². The Morgan fingerprint density at radius 2 is 1.71 bits per heavy atom. The molecule has 5 atom stereocenters. The molecule has 38 heavy (non-hydrogen) atoms. The number of benzene rings is 1. The number of halogens is 4. The van der Waals surface area contributed by atoms with Crippen LogP contribution >= 0.6 is 0 Å². The van der Waals surface area contributed by atoms with Crippen molar-refractivity contribution in [3.8, 4) is 0 Å². The minimum atomic E-state index is -5.08. The number of hydrogen-bond donors (Lipinski definition) is 8. The van der Waals surface area contributed by atoms with Crippen LogP contribution in [0.3, 0.4) is 0 Å². The summed E-state index contributed by atoms with van der Waals surface area (Å²) in [6.07, 6.45) is -8.50. The van der Waals surface area contributed by atoms with Crippen LogP contribution < -0.4 is 22.1 Å². The second kappa shape index (κ2) is 14.1. The second-order valence-corrected chi connectivity index (χ2v) is 7.74. The Bertz CT molecular complexity index is 1030. The monoisotopic (exact) mass is 553 g/mol. The summed E-state index contributed by atoms with van der Waals surface area (Å²) in [4.78, 5) is 37.2. The third-order valence-electron chi connectivity index (χ3n) is 4.73. The number of guanidine groups is 1. The van der Waals surface area contributed by atoms with Crippen LogP contribution in [0.2, 0.25) is 0 Å². The second-order valence-electron chi connectivity index (χ2n) is 7.74. The Hall–Kier alpha value is -3.96. The number of carbonyl (C=O) groups excluding carboxylic acids is 2. The fraction of sp³-hybridized carbons (Fsp3) is 0.429. The van der Waals surface area contributed by atoms with E-state index in [2.05, 4.69) is 15.6 Å². The molecule has 0 aromatic heterocycles. The van der Waals surface area contributed by atoms with E-state index in [4.69, 9.17) is 26.1 Å². The van der Waals surface area contributed by atoms with Gasteiger partial charge in [0.15, 0.2) is 11.7 Å². The Morgan fingerprint density at radius 1 is 1.16 bits per heavy atom. The Labute approximate surface area is 212 Å². The molecule has 1 aliphatic heterocycles. The van der Waals surface area contributed by atoms with Gasteiger partial charge in [-0.05, 0) is 23.8 Å². The molecule has 0 bridgehead atoms. The molecule has 0 spiro atoms. The predicted molar refractivity (Wildman–Crippen MR) is 121 cm³/mol. The van der Waals surface area contributed by atoms with E-state index in [0.717, 1.165) is 0 Å². The summed E-state index contributed by atoms with van der Waals surface area (Å²) in [6.45, 7) is 0.470. The number of aliphatic carboxylic acids is 1. The van der Waals surface area contributed by atoms with Gasteiger partial charge in [-0.15, -0.1) is 0 Å². The summed E-state index contributed by atoms with van der Waals surface area (Å²) >= 11 is 0. The Kier molecular flexibility index (Phi) is 11.9. The Balaban J connectivity index is 0.000000905. The van der Waals surface area contributed by atoms with E-state index in [-0.39, 0.29) is 18.3 Å². The summed E-state index contributed by atoms with van der Waals surface area (Å²) in [5, 5.41) is 41.7. The highest BCUT2D eigenvalue weighted by molar-refractivity contribution is 5.92. The van der Waals surface area contributed by atoms with Crippen molar-refractivity contribution < 1.29 is 57.1 Å². The molecule has 0 saturated carbocycles. The van der Waals surface area contributed by atoms with Gasteiger partial charge in [-0.25, -0.2) is 14.2 Å². The minimum absolute atomic E-state index is 0.0500. The van der Waals surface area contributed by atoms with Crippen molar-refractivity contribution in [1.29, 1.82) is 0 Å². The molecule has 0 radical (unpaired) electrons. The number of carboxylic acid groups (broad SMARTS) is 1. The van der Waals surface area contributed by atoms with Gasteiger partial charge in [0.25, 0.3) is 5.91 Å². The molecule has 2 rings (SSSR count). The third-order valence-corrected chi connectivity index (χ3v) is 4.73. The van der Waals surface area contributed by atoms with Crippen molar-refractivity contribution in [1.82, 2.24) is 10.6 Å². The average molecular weight is 553 g/mol. The first-order valence-corrected chi connectivity index (χ1v) is 10.6. The zero-order chi connectivity index (χ0) is 29.2. The van der Waals surface area contributed by atoms with Crippen LogP contribution in [-0.2, 0) is 25.7 Å². The smallest absolute Gasteiger partial charge is 0.480 e. The molecule has 1 aromatic rings. The number of amides is 2. The standard InChI is InChI=1S/C19H26FN5O6.C2HF3O2/c1-9(27)24-15-12(25-19(21)22)6-14(31-17(15)16(29)13(28)8-26)18(30)23-7-10-2-4-11(20)5-3-10;3-2(4,5)1(6)7/h2-6,12-13,15-17,26,28-29H,7-8H2,1H3,(H,23,30)(H,24,27)(H4,21,22,25);(H,6,7)/t12-,13+,15+,16+,17+;/m0./s1. The molecule has 212 valence electrons. The van der Waals surface area contributed by atoms with Crippen LogP contribution in [0.25, 0.3) is 0 Å². The van der Waals surface area contributed by atoms with Gasteiger partial charge in [0, 0.05) is 13.5 Å². The molecule has 13 nitrogen and oxygen atoms in total. The highest BCUT2D eigenvalue weighted by Gasteiger charge is 2.43. The summed E-state index contributed by atoms with van der Waals surface area (Å²) < 4.78 is 50.3. The van der Waals surface area contributed by atoms with E-state index in [1.165, 1.54) is 37.3 Å². The van der Waals surface area contributed by atoms with Gasteiger partial charge in [-0.2, -0.15) is 13.2 Å². The van der Waals surface area contributed by atoms with Crippen LogP contribution in [0.4, 0.5) is 17.6 Å². The topological polar surface area (TPSA) is 230 Å². The summed E-state index contributed by atoms with van der Waals surface area (Å²) in [7, 11) is 0. The van der Waals surface area contributed by atoms with Crippen molar-refractivity contribution in [2.24, 2.45) is 16.5 Å². The largest absolute Gasteiger partial charge is 0.490 e. The predicted octanol–water partition coefficient (Wildman–Crippen LogP) is -1.78. The van der Waals surface area contributed by atoms with Gasteiger partial charge in [0.1, 0.15) is 24.1 Å². The highest BCUT2D eigenvalue weighted by atomic mass is 19.4. The van der Waals surface area contributed by atoms with Crippen molar-refractivity contribution in [2.75, 3.05) is 6.61 Å². The molecular weight excluding hydrogens is 526 g/mol. The molecule has 1 aliphatic rings. The lowest BCUT2D eigenvalue weighted by Crippen LogP contribution is -2.60. The maximum atomic E-state index is 13.0. The normalized spacial score (nSPS) is 20.3. The zero-order valence-corrected chi connectivity index (χ0v) is 19.7. The summed E-state index contributed by atoms with van der Waals surface area (Å²) in [6, 6.07) is 3.40. The van der Waals surface area contributed by atoms with Crippen molar-refractivity contribution >= 4 is 23.7 Å². The third kappa shape index (κ3) is 10.2. The highest BCUT2D eigenvalue weighted by Crippen LogP contribution is 2.25. The first-order valence-electron chi connectivity index (χ1n) is 10.6. The number of rotatable bonds is 8. The quantitative estimate of drug-likeness (QED) is 0.102. The number of aliphatic hydroxyl groups excluding tert-OH is 3. The molecule has 0 unspecified atom stereocenters. The van der Waals surface area contributed by atoms with Gasteiger partial charge < -0.3 is 47.3 Å². The first kappa shape index (κ1) is 32.1. The number of carboxylic acids is 1. The van der Waals surface area contributed by atoms with Gasteiger partial charge in [-0.3, -0.25) is 9.59 Å². The maximum absolute atomic E-state index is 13.0. The number of hydrogen-bond acceptors (Lipinski definition) is 8. The molecule has 1 aromatic carbocycles. The first-order chi connectivity index (χ1) is 17.6. The number of nitrogens with zero attached hydrogens (tertiary/aromatic N) is 1. The zero-order valence-electron chi connectivity index (χ0n) is 19.7. The summed E-state index contributed by atoms with van der Waals surface area (Å²) in [5.74, 6) is -4.99. The average Bonchev–Trinajstić information content (AvgIpc) is 2.82. The molecule has 0 fully saturated rings. The van der Waals surface area contributed by atoms with Crippen LogP contribution in [0.5, 0.6) is 0 Å². The van der Waals surface area contributed by atoms with Gasteiger partial charge >= 0.3 is 12.1 Å². The van der Waals surface area contributed by atoms with Gasteiger partial charge in [-0.1, -0.05) is 12.1 Å². The van der Waals surface area contributed by atoms with E-state index < -0.39 is 66.8 Å². The van der Waals surface area contributed by atoms with Crippen molar-refractivity contribution in [3.63, 3.8) is 0 Å². The molecule has 1 heterocycles. The lowest BCUT2D eigenvalue weighted by molar-refractivity contribution is -0.192. The molecule has 17 heteroatoms. The van der Waals surface area contributed by atoms with E-state index in [9.17, 15) is 42.5 Å². The van der Waals surface area contributed by atoms with Crippen LogP contribution in [0, 0.1) is 5.82 Å². The van der Waals surface area contributed by atoms with E-state index in [1.807, 2.05) is 0 Å². The fourth-order valence-corrected chi connectivity index (χ4v) is 3.01. The number of ether oxygens (including phenoxy) is 1. The molecule has 0 aliphatic carbocycles. The lowest BCUT2D eigenvalue weighted by atomic mass is 9.92. The van der Waals surface area contributed by atoms with Crippen LogP contribution in [0.1, 0.15) is 12.5 Å². The molecular formula is C21H27F4N5O8. The number of carbonyl (C=O) groups is 3. The number of nitrogens with one attached hydrogen (secondary N) is 2. The van der Waals surface area contributed by atoms with E-state index in [0.29, 0.717) is 5.56 Å². The molecule has 10 N–H and O–H groups in total. The maximum Gasteiger partial charge on any atom is 0.490 e. The number of nitrogens with two attached hydrogens (primary N) is 2. The fourth-order valence-electron chi connectivity index (χ4n) is 3.01. The van der Waals surface area contributed by atoms with Crippen LogP contribution in [-0.4, -0.2) is 87.3 Å². The van der Waals surface area contributed by atoms with Gasteiger partial charge in [0.2, 0.25) is 5.91 Å². The Morgan fingerprint density at radius 3 is 2.16 bits per heavy atom. The van der Waals surface area contributed by atoms with Crippen molar-refractivity contribution in [2.45, 2.75) is 50.0 Å². The van der Waals surface area contributed by atoms with Gasteiger partial charge in [0.05, 0.1) is 18.7 Å². The number of aliphatic hydroxyl groups is 3. The number of aliphatic imine (C=N–C) groups is 1. The van der Waals surface area contributed by atoms with E-state index in [1.54, 1.807) is 0 Å². The van der Waals surface area contributed by atoms with Crippen molar-refractivity contribution in [3.05, 3.63) is 47.5 Å².